The van der Waals surface area contributed by atoms with Gasteiger partial charge in [-0.1, -0.05) is 101 Å². The third-order valence-corrected chi connectivity index (χ3v) is 9.86. The van der Waals surface area contributed by atoms with E-state index in [2.05, 4.69) is 21.0 Å². The van der Waals surface area contributed by atoms with Gasteiger partial charge in [0.1, 0.15) is 5.02 Å². The first-order valence-electron chi connectivity index (χ1n) is 13.4. The van der Waals surface area contributed by atoms with Crippen molar-refractivity contribution in [3.8, 4) is 5.69 Å². The summed E-state index contributed by atoms with van der Waals surface area (Å²) in [6, 6.07) is 25.4. The number of halogens is 2. The summed E-state index contributed by atoms with van der Waals surface area (Å²) in [5, 5.41) is 21.4. The van der Waals surface area contributed by atoms with E-state index in [1.54, 1.807) is 12.1 Å². The Morgan fingerprint density at radius 1 is 0.932 bits per heavy atom. The summed E-state index contributed by atoms with van der Waals surface area (Å²) in [7, 11) is -4.30. The Hall–Kier alpha value is -3.74. The van der Waals surface area contributed by atoms with Gasteiger partial charge < -0.3 is 0 Å². The summed E-state index contributed by atoms with van der Waals surface area (Å²) in [6.07, 6.45) is 0.218. The topological polar surface area (TPSA) is 120 Å². The zero-order valence-electron chi connectivity index (χ0n) is 23.6. The number of thioether (sulfide) groups is 1. The van der Waals surface area contributed by atoms with E-state index in [0.29, 0.717) is 27.4 Å². The van der Waals surface area contributed by atoms with Gasteiger partial charge in [-0.3, -0.25) is 14.7 Å². The fraction of sp³-hybridized carbons (Fsp3) is 0.161. The fourth-order valence-electron chi connectivity index (χ4n) is 4.69. The molecule has 226 valence electrons. The molecule has 5 aromatic rings. The number of nitrogens with zero attached hydrogens (tertiary/aromatic N) is 4. The average molecular weight is 669 g/mol. The normalized spacial score (nSPS) is 12.3. The number of aryl methyl sites for hydroxylation is 2. The lowest BCUT2D eigenvalue weighted by atomic mass is 10.1. The number of hydrogen-bond acceptors (Lipinski definition) is 7. The van der Waals surface area contributed by atoms with Crippen molar-refractivity contribution in [2.45, 2.75) is 42.1 Å². The van der Waals surface area contributed by atoms with Crippen LogP contribution >= 0.6 is 35.0 Å². The van der Waals surface area contributed by atoms with Crippen LogP contribution in [0.3, 0.4) is 0 Å². The van der Waals surface area contributed by atoms with E-state index in [0.717, 1.165) is 28.3 Å². The Morgan fingerprint density at radius 3 is 2.41 bits per heavy atom. The molecule has 0 bridgehead atoms. The maximum atomic E-state index is 13.7. The molecule has 4 aromatic carbocycles. The van der Waals surface area contributed by atoms with Gasteiger partial charge in [0.15, 0.2) is 11.0 Å². The van der Waals surface area contributed by atoms with E-state index in [-0.39, 0.29) is 16.3 Å². The fourth-order valence-corrected chi connectivity index (χ4v) is 7.15. The van der Waals surface area contributed by atoms with E-state index in [9.17, 15) is 18.5 Å². The van der Waals surface area contributed by atoms with E-state index in [4.69, 9.17) is 23.2 Å². The molecule has 1 heterocycles. The van der Waals surface area contributed by atoms with Crippen LogP contribution in [0.2, 0.25) is 10.0 Å². The molecule has 0 radical (unpaired) electrons. The van der Waals surface area contributed by atoms with Gasteiger partial charge in [-0.15, -0.1) is 10.2 Å². The van der Waals surface area contributed by atoms with Crippen LogP contribution in [0, 0.1) is 24.0 Å². The molecule has 5 rings (SSSR count). The number of aromatic nitrogens is 3. The molecule has 0 spiro atoms. The molecule has 0 aliphatic carbocycles. The van der Waals surface area contributed by atoms with E-state index in [1.807, 2.05) is 73.0 Å². The summed E-state index contributed by atoms with van der Waals surface area (Å²) in [5.41, 5.74) is 4.14. The highest BCUT2D eigenvalue weighted by Crippen LogP contribution is 2.33. The van der Waals surface area contributed by atoms with Crippen molar-refractivity contribution < 1.29 is 13.3 Å². The second-order valence-corrected chi connectivity index (χ2v) is 13.6. The van der Waals surface area contributed by atoms with Crippen molar-refractivity contribution in [3.05, 3.63) is 139 Å². The first kappa shape index (κ1) is 31.7. The molecule has 0 fully saturated rings. The number of nitro groups is 1. The second-order valence-electron chi connectivity index (χ2n) is 10.1. The molecule has 0 saturated carbocycles. The van der Waals surface area contributed by atoms with Crippen LogP contribution in [0.15, 0.2) is 101 Å². The summed E-state index contributed by atoms with van der Waals surface area (Å²) in [5.74, 6) is 0.932. The first-order valence-corrected chi connectivity index (χ1v) is 16.6. The molecule has 44 heavy (non-hydrogen) atoms. The number of sulfonamides is 1. The van der Waals surface area contributed by atoms with Crippen molar-refractivity contribution in [2.24, 2.45) is 0 Å². The van der Waals surface area contributed by atoms with Crippen molar-refractivity contribution in [1.82, 2.24) is 19.5 Å². The van der Waals surface area contributed by atoms with E-state index in [1.165, 1.54) is 23.9 Å². The van der Waals surface area contributed by atoms with Gasteiger partial charge in [0.25, 0.3) is 5.69 Å². The van der Waals surface area contributed by atoms with Gasteiger partial charge in [-0.25, -0.2) is 13.1 Å². The molecule has 0 aliphatic heterocycles. The lowest BCUT2D eigenvalue weighted by Crippen LogP contribution is -2.32. The molecular weight excluding hydrogens is 641 g/mol. The zero-order chi connectivity index (χ0) is 31.4. The van der Waals surface area contributed by atoms with Gasteiger partial charge in [-0.05, 0) is 61.2 Å². The van der Waals surface area contributed by atoms with E-state index < -0.39 is 26.7 Å². The Bertz CT molecular complexity index is 1940. The summed E-state index contributed by atoms with van der Waals surface area (Å²) in [4.78, 5) is 10.5. The van der Waals surface area contributed by atoms with Gasteiger partial charge >= 0.3 is 0 Å². The minimum Gasteiger partial charge on any atom is -0.272 e. The third kappa shape index (κ3) is 7.31. The highest BCUT2D eigenvalue weighted by molar-refractivity contribution is 7.98. The van der Waals surface area contributed by atoms with Crippen molar-refractivity contribution in [2.75, 3.05) is 0 Å². The summed E-state index contributed by atoms with van der Waals surface area (Å²) in [6.45, 7) is 3.95. The predicted octanol–water partition coefficient (Wildman–Crippen LogP) is 7.65. The van der Waals surface area contributed by atoms with Crippen LogP contribution in [0.4, 0.5) is 5.69 Å². The van der Waals surface area contributed by atoms with Crippen LogP contribution in [0.1, 0.15) is 34.1 Å². The molecule has 13 heteroatoms. The number of hydrogen-bond donors (Lipinski definition) is 1. The third-order valence-electron chi connectivity index (χ3n) is 6.84. The SMILES string of the molecule is Cc1cccc(CSc2nnc(C(Cc3ccccc3)NS(=O)(=O)c3ccc(Cl)c([N+](=O)[O-])c3)n2-c2cc(Cl)ccc2C)c1. The predicted molar refractivity (Wildman–Crippen MR) is 173 cm³/mol. The minimum atomic E-state index is -4.30. The Labute approximate surface area is 269 Å². The monoisotopic (exact) mass is 667 g/mol. The molecule has 1 aromatic heterocycles. The Balaban J connectivity index is 1.62. The smallest absolute Gasteiger partial charge is 0.272 e. The van der Waals surface area contributed by atoms with Gasteiger partial charge in [0.2, 0.25) is 10.0 Å². The molecule has 1 N–H and O–H groups in total. The number of benzene rings is 4. The lowest BCUT2D eigenvalue weighted by Gasteiger charge is -2.21. The summed E-state index contributed by atoms with van der Waals surface area (Å²) < 4.78 is 32.1. The molecule has 1 unspecified atom stereocenters. The van der Waals surface area contributed by atoms with E-state index >= 15 is 0 Å². The largest absolute Gasteiger partial charge is 0.289 e. The van der Waals surface area contributed by atoms with Crippen LogP contribution < -0.4 is 4.72 Å². The van der Waals surface area contributed by atoms with Crippen LogP contribution in [0.25, 0.3) is 5.69 Å². The van der Waals surface area contributed by atoms with Gasteiger partial charge in [-0.2, -0.15) is 0 Å². The molecule has 0 amide bonds. The van der Waals surface area contributed by atoms with Crippen LogP contribution in [0.5, 0.6) is 0 Å². The molecule has 0 aliphatic rings. The number of rotatable bonds is 11. The van der Waals surface area contributed by atoms with Gasteiger partial charge in [0, 0.05) is 16.8 Å². The van der Waals surface area contributed by atoms with Gasteiger partial charge in [0.05, 0.1) is 21.5 Å². The Morgan fingerprint density at radius 2 is 1.68 bits per heavy atom. The number of nitrogens with one attached hydrogen (secondary N) is 1. The lowest BCUT2D eigenvalue weighted by molar-refractivity contribution is -0.384. The van der Waals surface area contributed by atoms with Crippen molar-refractivity contribution >= 4 is 50.7 Å². The minimum absolute atomic E-state index is 0.166. The standard InChI is InChI=1S/C31H27Cl2N5O4S2/c1-20-7-6-10-23(15-20)19-43-31-35-34-30(37(31)28-17-24(32)12-11-21(28)2)27(16-22-8-4-3-5-9-22)36-44(41,42)25-13-14-26(33)29(18-25)38(39)40/h3-15,17-18,27,36H,16,19H2,1-2H3. The molecule has 9 nitrogen and oxygen atoms in total. The molecule has 1 atom stereocenters. The second kappa shape index (κ2) is 13.5. The average Bonchev–Trinajstić information content (AvgIpc) is 3.41. The molecule has 0 saturated heterocycles. The number of nitro benzene ring substituents is 1. The maximum Gasteiger partial charge on any atom is 0.289 e. The van der Waals surface area contributed by atoms with Crippen molar-refractivity contribution in [1.29, 1.82) is 0 Å². The van der Waals surface area contributed by atoms with Crippen LogP contribution in [-0.2, 0) is 22.2 Å². The zero-order valence-corrected chi connectivity index (χ0v) is 26.8. The maximum absolute atomic E-state index is 13.7. The highest BCUT2D eigenvalue weighted by atomic mass is 35.5. The Kier molecular flexibility index (Phi) is 9.72. The van der Waals surface area contributed by atoms with Crippen LogP contribution in [-0.4, -0.2) is 28.1 Å². The summed E-state index contributed by atoms with van der Waals surface area (Å²) >= 11 is 13.9. The first-order chi connectivity index (χ1) is 21.0. The van der Waals surface area contributed by atoms with Crippen molar-refractivity contribution in [3.63, 3.8) is 0 Å². The quantitative estimate of drug-likeness (QED) is 0.0872. The molecular formula is C31H27Cl2N5O4S2. The highest BCUT2D eigenvalue weighted by Gasteiger charge is 2.30.